The van der Waals surface area contributed by atoms with E-state index >= 15 is 0 Å². The van der Waals surface area contributed by atoms with Crippen molar-refractivity contribution in [1.82, 2.24) is 4.90 Å². The summed E-state index contributed by atoms with van der Waals surface area (Å²) >= 11 is 0. The summed E-state index contributed by atoms with van der Waals surface area (Å²) < 4.78 is 11.7. The normalized spacial score (nSPS) is 13.4. The summed E-state index contributed by atoms with van der Waals surface area (Å²) in [6, 6.07) is 13.9. The number of carboxylic acid groups (broad SMARTS) is 1. The molecule has 0 saturated heterocycles. The minimum absolute atomic E-state index is 0.134. The van der Waals surface area contributed by atoms with E-state index in [1.807, 2.05) is 52.0 Å². The van der Waals surface area contributed by atoms with Crippen LogP contribution in [0.2, 0.25) is 0 Å². The number of hydrogen-bond donors (Lipinski definition) is 2. The van der Waals surface area contributed by atoms with Gasteiger partial charge in [0.05, 0.1) is 6.10 Å². The lowest BCUT2D eigenvalue weighted by atomic mass is 9.89. The van der Waals surface area contributed by atoms with Gasteiger partial charge in [-0.2, -0.15) is 0 Å². The molecule has 7 nitrogen and oxygen atoms in total. The number of carbonyl (C=O) groups excluding carboxylic acids is 1. The Hall–Kier alpha value is -3.32. The molecular formula is C30H39NO6. The van der Waals surface area contributed by atoms with Crippen LogP contribution in [0.5, 0.6) is 5.75 Å². The number of aliphatic hydroxyl groups excluding tert-OH is 1. The predicted molar refractivity (Wildman–Crippen MR) is 144 cm³/mol. The van der Waals surface area contributed by atoms with Gasteiger partial charge in [-0.25, -0.2) is 0 Å². The lowest BCUT2D eigenvalue weighted by Crippen LogP contribution is -2.32. The van der Waals surface area contributed by atoms with Gasteiger partial charge < -0.3 is 24.3 Å². The van der Waals surface area contributed by atoms with Crippen LogP contribution in [0.25, 0.3) is 11.0 Å². The van der Waals surface area contributed by atoms with E-state index < -0.39 is 18.0 Å². The van der Waals surface area contributed by atoms with Crippen molar-refractivity contribution in [3.8, 4) is 5.75 Å². The van der Waals surface area contributed by atoms with Gasteiger partial charge in [-0.05, 0) is 72.4 Å². The molecule has 0 bridgehead atoms. The van der Waals surface area contributed by atoms with E-state index in [2.05, 4.69) is 19.1 Å². The number of carbonyl (C=O) groups is 2. The molecule has 2 N–H and O–H groups in total. The highest BCUT2D eigenvalue weighted by Crippen LogP contribution is 2.31. The van der Waals surface area contributed by atoms with Gasteiger partial charge in [-0.15, -0.1) is 0 Å². The number of amides is 1. The first-order valence-corrected chi connectivity index (χ1v) is 12.8. The molecule has 7 heteroatoms. The van der Waals surface area contributed by atoms with E-state index in [1.165, 1.54) is 12.6 Å². The maximum absolute atomic E-state index is 12.5. The van der Waals surface area contributed by atoms with Gasteiger partial charge in [0.25, 0.3) is 5.91 Å². The van der Waals surface area contributed by atoms with Crippen molar-refractivity contribution in [2.24, 2.45) is 5.41 Å². The van der Waals surface area contributed by atoms with Gasteiger partial charge in [-0.3, -0.25) is 9.59 Å². The molecule has 200 valence electrons. The van der Waals surface area contributed by atoms with Crippen LogP contribution >= 0.6 is 0 Å². The Morgan fingerprint density at radius 2 is 1.84 bits per heavy atom. The van der Waals surface area contributed by atoms with Gasteiger partial charge in [0, 0.05) is 12.4 Å². The summed E-state index contributed by atoms with van der Waals surface area (Å²) in [7, 11) is 1.44. The van der Waals surface area contributed by atoms with Crippen molar-refractivity contribution < 1.29 is 29.0 Å². The third kappa shape index (κ3) is 7.35. The van der Waals surface area contributed by atoms with Gasteiger partial charge in [0.15, 0.2) is 5.76 Å². The average molecular weight is 510 g/mol. The van der Waals surface area contributed by atoms with Crippen LogP contribution in [0, 0.1) is 12.3 Å². The maximum atomic E-state index is 12.5. The van der Waals surface area contributed by atoms with Crippen LogP contribution in [0.15, 0.2) is 46.9 Å². The van der Waals surface area contributed by atoms with Crippen molar-refractivity contribution in [1.29, 1.82) is 0 Å². The van der Waals surface area contributed by atoms with Crippen LogP contribution in [-0.4, -0.2) is 53.3 Å². The van der Waals surface area contributed by atoms with Gasteiger partial charge in [0.2, 0.25) is 0 Å². The summed E-state index contributed by atoms with van der Waals surface area (Å²) in [6.45, 7) is 10.1. The molecular weight excluding hydrogens is 470 g/mol. The first-order valence-electron chi connectivity index (χ1n) is 12.8. The molecule has 0 aliphatic heterocycles. The molecule has 0 fully saturated rings. The second-order valence-corrected chi connectivity index (χ2v) is 10.9. The first-order chi connectivity index (χ1) is 17.4. The SMILES string of the molecule is CCC(CCc1ccc2cc(C(=O)N(C)CC(=O)O)oc2c1)c1ccc(OCC(O)C(C)(C)C)c(C)c1. The number of aryl methyl sites for hydroxylation is 2. The number of ether oxygens (including phenoxy) is 1. The molecule has 0 spiro atoms. The zero-order valence-electron chi connectivity index (χ0n) is 22.7. The molecule has 1 amide bonds. The molecule has 0 radical (unpaired) electrons. The molecule has 2 aromatic carbocycles. The standard InChI is InChI=1S/C30H39NO6/c1-7-21(22-12-13-24(19(2)14-22)36-18-27(32)30(3,4)5)10-8-20-9-11-23-16-26(37-25(23)15-20)29(35)31(6)17-28(33)34/h9,11-16,21,27,32H,7-8,10,17-18H2,1-6H3,(H,33,34). The van der Waals surface area contributed by atoms with Crippen LogP contribution in [0.3, 0.4) is 0 Å². The highest BCUT2D eigenvalue weighted by Gasteiger charge is 2.23. The second kappa shape index (κ2) is 11.8. The lowest BCUT2D eigenvalue weighted by Gasteiger charge is -2.26. The molecule has 0 saturated carbocycles. The quantitative estimate of drug-likeness (QED) is 0.338. The van der Waals surface area contributed by atoms with Gasteiger partial charge >= 0.3 is 5.97 Å². The van der Waals surface area contributed by atoms with Crippen molar-refractivity contribution in [3.05, 3.63) is 64.9 Å². The number of benzene rings is 2. The van der Waals surface area contributed by atoms with E-state index in [0.717, 1.165) is 46.4 Å². The Kier molecular flexibility index (Phi) is 9.02. The minimum atomic E-state index is -1.07. The van der Waals surface area contributed by atoms with Crippen LogP contribution in [0.1, 0.15) is 73.7 Å². The van der Waals surface area contributed by atoms with Gasteiger partial charge in [0.1, 0.15) is 24.5 Å². The van der Waals surface area contributed by atoms with Crippen LogP contribution < -0.4 is 4.74 Å². The summed E-state index contributed by atoms with van der Waals surface area (Å²) in [4.78, 5) is 24.5. The van der Waals surface area contributed by atoms with Crippen molar-refractivity contribution in [2.45, 2.75) is 65.9 Å². The fourth-order valence-electron chi connectivity index (χ4n) is 4.25. The molecule has 1 heterocycles. The number of fused-ring (bicyclic) bond motifs is 1. The Morgan fingerprint density at radius 1 is 1.11 bits per heavy atom. The van der Waals surface area contributed by atoms with Crippen LogP contribution in [0.4, 0.5) is 0 Å². The zero-order chi connectivity index (χ0) is 27.3. The summed E-state index contributed by atoms with van der Waals surface area (Å²) in [5.41, 5.74) is 3.82. The second-order valence-electron chi connectivity index (χ2n) is 10.9. The molecule has 2 unspecified atom stereocenters. The highest BCUT2D eigenvalue weighted by atomic mass is 16.5. The molecule has 0 aliphatic rings. The van der Waals surface area contributed by atoms with Gasteiger partial charge in [-0.1, -0.05) is 52.0 Å². The Bertz CT molecular complexity index is 1240. The van der Waals surface area contributed by atoms with Crippen LogP contribution in [-0.2, 0) is 11.2 Å². The number of carboxylic acids is 1. The number of aliphatic carboxylic acids is 1. The third-order valence-corrected chi connectivity index (χ3v) is 6.86. The lowest BCUT2D eigenvalue weighted by molar-refractivity contribution is -0.137. The highest BCUT2D eigenvalue weighted by molar-refractivity contribution is 5.97. The Labute approximate surface area is 219 Å². The van der Waals surface area contributed by atoms with Crippen molar-refractivity contribution in [2.75, 3.05) is 20.2 Å². The number of furan rings is 1. The topological polar surface area (TPSA) is 100 Å². The number of aliphatic hydroxyl groups is 1. The average Bonchev–Trinajstić information content (AvgIpc) is 3.25. The third-order valence-electron chi connectivity index (χ3n) is 6.86. The maximum Gasteiger partial charge on any atom is 0.323 e. The molecule has 3 rings (SSSR count). The molecule has 37 heavy (non-hydrogen) atoms. The summed E-state index contributed by atoms with van der Waals surface area (Å²) in [5, 5.41) is 20.0. The molecule has 2 atom stereocenters. The predicted octanol–water partition coefficient (Wildman–Crippen LogP) is 5.81. The van der Waals surface area contributed by atoms with E-state index in [-0.39, 0.29) is 24.3 Å². The summed E-state index contributed by atoms with van der Waals surface area (Å²) in [5.74, 6) is -0.222. The van der Waals surface area contributed by atoms with E-state index in [4.69, 9.17) is 14.3 Å². The first kappa shape index (κ1) is 28.3. The number of rotatable bonds is 11. The van der Waals surface area contributed by atoms with E-state index in [9.17, 15) is 14.7 Å². The number of hydrogen-bond acceptors (Lipinski definition) is 5. The zero-order valence-corrected chi connectivity index (χ0v) is 22.7. The van der Waals surface area contributed by atoms with E-state index in [1.54, 1.807) is 6.07 Å². The van der Waals surface area contributed by atoms with Crippen molar-refractivity contribution in [3.63, 3.8) is 0 Å². The molecule has 0 aliphatic carbocycles. The Morgan fingerprint density at radius 3 is 2.46 bits per heavy atom. The number of likely N-dealkylation sites (N-methyl/N-ethyl adjacent to an activating group) is 1. The number of nitrogens with zero attached hydrogens (tertiary/aromatic N) is 1. The monoisotopic (exact) mass is 509 g/mol. The smallest absolute Gasteiger partial charge is 0.323 e. The molecule has 1 aromatic heterocycles. The molecule has 3 aromatic rings. The minimum Gasteiger partial charge on any atom is -0.491 e. The summed E-state index contributed by atoms with van der Waals surface area (Å²) in [6.07, 6.45) is 2.27. The fraction of sp³-hybridized carbons (Fsp3) is 0.467. The largest absolute Gasteiger partial charge is 0.491 e. The van der Waals surface area contributed by atoms with E-state index in [0.29, 0.717) is 11.5 Å². The van der Waals surface area contributed by atoms with Crippen molar-refractivity contribution >= 4 is 22.8 Å². The Balaban J connectivity index is 1.65. The fourth-order valence-corrected chi connectivity index (χ4v) is 4.25.